The first-order valence-electron chi connectivity index (χ1n) is 3.04. The van der Waals surface area contributed by atoms with Crippen LogP contribution in [0.25, 0.3) is 0 Å². The van der Waals surface area contributed by atoms with Crippen LogP contribution in [0.3, 0.4) is 0 Å². The first-order chi connectivity index (χ1) is 3.79. The van der Waals surface area contributed by atoms with Gasteiger partial charge in [0.25, 0.3) is 0 Å². The van der Waals surface area contributed by atoms with Gasteiger partial charge in [0.1, 0.15) is 0 Å². The maximum atomic E-state index is 3.96. The van der Waals surface area contributed by atoms with E-state index in [1.807, 2.05) is 0 Å². The van der Waals surface area contributed by atoms with Crippen molar-refractivity contribution in [3.05, 3.63) is 12.2 Å². The Hall–Kier alpha value is 0.220. The third-order valence-corrected chi connectivity index (χ3v) is 3.31. The normalized spacial score (nSPS) is 50.1. The lowest BCUT2D eigenvalue weighted by Crippen LogP contribution is -1.78. The largest absolute Gasteiger partial charge is 0.0992 e. The summed E-state index contributed by atoms with van der Waals surface area (Å²) in [7, 11) is 0. The summed E-state index contributed by atoms with van der Waals surface area (Å²) < 4.78 is 0. The molecule has 2 unspecified atom stereocenters. The molecule has 8 heavy (non-hydrogen) atoms. The number of alkyl halides is 1. The van der Waals surface area contributed by atoms with E-state index in [0.29, 0.717) is 5.41 Å². The molecule has 2 saturated carbocycles. The Bertz CT molecular complexity index is 150. The molecule has 0 aromatic rings. The first-order valence-corrected chi connectivity index (χ1v) is 4.16. The minimum atomic E-state index is 0.684. The highest BCUT2D eigenvalue weighted by atomic mass is 79.9. The molecule has 1 spiro atoms. The van der Waals surface area contributed by atoms with Crippen molar-refractivity contribution in [3.63, 3.8) is 0 Å². The molecule has 0 nitrogen and oxygen atoms in total. The Morgan fingerprint density at radius 2 is 2.50 bits per heavy atom. The molecule has 0 aliphatic heterocycles. The molecule has 44 valence electrons. The van der Waals surface area contributed by atoms with Crippen LogP contribution in [0.2, 0.25) is 0 Å². The van der Waals surface area contributed by atoms with Crippen molar-refractivity contribution in [3.8, 4) is 0 Å². The Morgan fingerprint density at radius 1 is 1.88 bits per heavy atom. The molecule has 0 aromatic heterocycles. The number of rotatable bonds is 1. The summed E-state index contributed by atoms with van der Waals surface area (Å²) in [5.74, 6) is 0.954. The molecule has 0 saturated heterocycles. The summed E-state index contributed by atoms with van der Waals surface area (Å²) in [4.78, 5) is 0. The van der Waals surface area contributed by atoms with Gasteiger partial charge in [-0.3, -0.25) is 0 Å². The molecular weight excluding hydrogens is 164 g/mol. The number of hydrogen-bond donors (Lipinski definition) is 0. The fraction of sp³-hybridized carbons (Fsp3) is 0.714. The van der Waals surface area contributed by atoms with Crippen molar-refractivity contribution < 1.29 is 0 Å². The summed E-state index contributed by atoms with van der Waals surface area (Å²) >= 11 is 3.48. The van der Waals surface area contributed by atoms with Crippen LogP contribution in [0.4, 0.5) is 0 Å². The maximum Gasteiger partial charge on any atom is 0.00685 e. The fourth-order valence-corrected chi connectivity index (χ4v) is 2.42. The van der Waals surface area contributed by atoms with E-state index in [1.165, 1.54) is 23.7 Å². The average Bonchev–Trinajstić information content (AvgIpc) is 2.55. The van der Waals surface area contributed by atoms with E-state index >= 15 is 0 Å². The Morgan fingerprint density at radius 3 is 2.62 bits per heavy atom. The van der Waals surface area contributed by atoms with E-state index in [1.54, 1.807) is 0 Å². The van der Waals surface area contributed by atoms with Gasteiger partial charge in [0, 0.05) is 5.33 Å². The molecule has 2 atom stereocenters. The second kappa shape index (κ2) is 1.21. The third-order valence-electron chi connectivity index (χ3n) is 2.53. The second-order valence-corrected chi connectivity index (χ2v) is 3.64. The van der Waals surface area contributed by atoms with E-state index in [-0.39, 0.29) is 0 Å². The van der Waals surface area contributed by atoms with Gasteiger partial charge in [-0.2, -0.15) is 0 Å². The minimum Gasteiger partial charge on any atom is -0.0992 e. The molecule has 2 rings (SSSR count). The fourth-order valence-electron chi connectivity index (χ4n) is 1.57. The highest BCUT2D eigenvalue weighted by Crippen LogP contribution is 2.73. The van der Waals surface area contributed by atoms with Crippen molar-refractivity contribution in [2.24, 2.45) is 11.3 Å². The highest BCUT2D eigenvalue weighted by Gasteiger charge is 2.65. The van der Waals surface area contributed by atoms with Gasteiger partial charge in [-0.1, -0.05) is 28.1 Å². The van der Waals surface area contributed by atoms with Gasteiger partial charge in [-0.15, -0.1) is 0 Å². The lowest BCUT2D eigenvalue weighted by Gasteiger charge is -1.81. The summed E-state index contributed by atoms with van der Waals surface area (Å²) in [6, 6.07) is 0. The lowest BCUT2D eigenvalue weighted by molar-refractivity contribution is 0.814. The van der Waals surface area contributed by atoms with Gasteiger partial charge in [-0.05, 0) is 24.2 Å². The van der Waals surface area contributed by atoms with Gasteiger partial charge < -0.3 is 0 Å². The van der Waals surface area contributed by atoms with Crippen molar-refractivity contribution in [2.45, 2.75) is 12.8 Å². The van der Waals surface area contributed by atoms with Crippen LogP contribution in [0.15, 0.2) is 12.2 Å². The monoisotopic (exact) mass is 172 g/mol. The zero-order valence-corrected chi connectivity index (χ0v) is 6.37. The van der Waals surface area contributed by atoms with Crippen molar-refractivity contribution in [1.82, 2.24) is 0 Å². The smallest absolute Gasteiger partial charge is 0.00685 e. The van der Waals surface area contributed by atoms with Crippen LogP contribution in [0.5, 0.6) is 0 Å². The minimum absolute atomic E-state index is 0.684. The summed E-state index contributed by atoms with van der Waals surface area (Å²) in [6.45, 7) is 3.96. The van der Waals surface area contributed by atoms with E-state index in [4.69, 9.17) is 0 Å². The van der Waals surface area contributed by atoms with Gasteiger partial charge in [0.15, 0.2) is 0 Å². The molecule has 2 aliphatic rings. The van der Waals surface area contributed by atoms with Crippen LogP contribution in [0, 0.1) is 11.3 Å². The molecular formula is C7H9Br. The highest BCUT2D eigenvalue weighted by molar-refractivity contribution is 9.09. The Kier molecular flexibility index (Phi) is 0.760. The van der Waals surface area contributed by atoms with Crippen molar-refractivity contribution in [1.29, 1.82) is 0 Å². The standard InChI is InChI=1S/C7H9Br/c1-5-2-7(5)3-6(7)4-8/h6H,1-4H2. The summed E-state index contributed by atoms with van der Waals surface area (Å²) in [6.07, 6.45) is 2.74. The van der Waals surface area contributed by atoms with Crippen molar-refractivity contribution >= 4 is 15.9 Å². The topological polar surface area (TPSA) is 0 Å². The van der Waals surface area contributed by atoms with E-state index in [9.17, 15) is 0 Å². The molecule has 1 heteroatoms. The Labute approximate surface area is 58.1 Å². The van der Waals surface area contributed by atoms with Gasteiger partial charge in [0.05, 0.1) is 0 Å². The predicted molar refractivity (Wildman–Crippen MR) is 38.1 cm³/mol. The van der Waals surface area contributed by atoms with E-state index in [2.05, 4.69) is 22.5 Å². The molecule has 0 amide bonds. The van der Waals surface area contributed by atoms with Crippen LogP contribution in [-0.4, -0.2) is 5.33 Å². The second-order valence-electron chi connectivity index (χ2n) is 2.99. The number of halogens is 1. The molecule has 0 heterocycles. The molecule has 0 N–H and O–H groups in total. The van der Waals surface area contributed by atoms with Crippen LogP contribution >= 0.6 is 15.9 Å². The van der Waals surface area contributed by atoms with E-state index in [0.717, 1.165) is 5.92 Å². The van der Waals surface area contributed by atoms with Crippen molar-refractivity contribution in [2.75, 3.05) is 5.33 Å². The maximum absolute atomic E-state index is 3.96. The molecule has 0 radical (unpaired) electrons. The van der Waals surface area contributed by atoms with E-state index < -0.39 is 0 Å². The molecule has 2 fully saturated rings. The third kappa shape index (κ3) is 0.415. The summed E-state index contributed by atoms with van der Waals surface area (Å²) in [5, 5.41) is 1.19. The lowest BCUT2D eigenvalue weighted by atomic mass is 10.3. The first kappa shape index (κ1) is 5.04. The van der Waals surface area contributed by atoms with Gasteiger partial charge in [-0.25, -0.2) is 0 Å². The number of allylic oxidation sites excluding steroid dienone is 1. The zero-order chi connectivity index (χ0) is 5.78. The molecule has 0 bridgehead atoms. The predicted octanol–water partition coefficient (Wildman–Crippen LogP) is 2.35. The molecule has 2 aliphatic carbocycles. The quantitative estimate of drug-likeness (QED) is 0.421. The Balaban J connectivity index is 2.07. The molecule has 0 aromatic carbocycles. The zero-order valence-electron chi connectivity index (χ0n) is 4.78. The van der Waals surface area contributed by atoms with Crippen LogP contribution < -0.4 is 0 Å². The SMILES string of the molecule is C=C1CC12CC2CBr. The average molecular weight is 173 g/mol. The van der Waals surface area contributed by atoms with Gasteiger partial charge >= 0.3 is 0 Å². The van der Waals surface area contributed by atoms with Gasteiger partial charge in [0.2, 0.25) is 0 Å². The number of hydrogen-bond acceptors (Lipinski definition) is 0. The summed E-state index contributed by atoms with van der Waals surface area (Å²) in [5.41, 5.74) is 2.19. The van der Waals surface area contributed by atoms with Crippen LogP contribution in [0.1, 0.15) is 12.8 Å². The van der Waals surface area contributed by atoms with Crippen LogP contribution in [-0.2, 0) is 0 Å².